The first-order valence-corrected chi connectivity index (χ1v) is 6.74. The van der Waals surface area contributed by atoms with Crippen molar-refractivity contribution in [3.8, 4) is 11.8 Å². The van der Waals surface area contributed by atoms with Gasteiger partial charge >= 0.3 is 0 Å². The number of aryl methyl sites for hydroxylation is 1. The molecule has 1 aromatic carbocycles. The van der Waals surface area contributed by atoms with Crippen molar-refractivity contribution in [3.63, 3.8) is 0 Å². The van der Waals surface area contributed by atoms with E-state index in [1.807, 2.05) is 26.0 Å². The Morgan fingerprint density at radius 3 is 2.65 bits per heavy atom. The molecule has 0 heterocycles. The summed E-state index contributed by atoms with van der Waals surface area (Å²) in [6.07, 6.45) is 0.829. The number of hydrogen-bond acceptors (Lipinski definition) is 3. The van der Waals surface area contributed by atoms with Crippen LogP contribution in [0.1, 0.15) is 34.8 Å². The third-order valence-electron chi connectivity index (χ3n) is 2.86. The smallest absolute Gasteiger partial charge is 0.255 e. The van der Waals surface area contributed by atoms with Crippen molar-refractivity contribution in [1.82, 2.24) is 4.90 Å². The highest BCUT2D eigenvalue weighted by atomic mass is 16.3. The van der Waals surface area contributed by atoms with Crippen molar-refractivity contribution >= 4 is 5.91 Å². The van der Waals surface area contributed by atoms with Gasteiger partial charge in [0.1, 0.15) is 6.61 Å². The van der Waals surface area contributed by atoms with Gasteiger partial charge in [0.2, 0.25) is 0 Å². The van der Waals surface area contributed by atoms with Gasteiger partial charge in [-0.05, 0) is 31.0 Å². The van der Waals surface area contributed by atoms with E-state index in [0.717, 1.165) is 12.0 Å². The predicted molar refractivity (Wildman–Crippen MR) is 78.4 cm³/mol. The summed E-state index contributed by atoms with van der Waals surface area (Å²) >= 11 is 0. The van der Waals surface area contributed by atoms with Crippen LogP contribution in [0, 0.1) is 18.8 Å². The highest BCUT2D eigenvalue weighted by Crippen LogP contribution is 2.14. The number of benzene rings is 1. The minimum atomic E-state index is -0.239. The predicted octanol–water partition coefficient (Wildman–Crippen LogP) is 1.18. The molecule has 4 nitrogen and oxygen atoms in total. The van der Waals surface area contributed by atoms with Crippen LogP contribution in [0.5, 0.6) is 0 Å². The number of rotatable bonds is 5. The van der Waals surface area contributed by atoms with Gasteiger partial charge in [0.25, 0.3) is 5.91 Å². The molecule has 0 aliphatic rings. The van der Waals surface area contributed by atoms with Gasteiger partial charge in [-0.3, -0.25) is 4.79 Å². The van der Waals surface area contributed by atoms with Gasteiger partial charge in [-0.1, -0.05) is 24.8 Å². The average molecular weight is 275 g/mol. The number of aliphatic hydroxyl groups excluding tert-OH is 2. The van der Waals surface area contributed by atoms with Crippen LogP contribution in [0.3, 0.4) is 0 Å². The Morgan fingerprint density at radius 2 is 2.05 bits per heavy atom. The zero-order chi connectivity index (χ0) is 15.0. The fourth-order valence-corrected chi connectivity index (χ4v) is 1.96. The molecular formula is C16H21NO3. The Morgan fingerprint density at radius 1 is 1.30 bits per heavy atom. The first-order chi connectivity index (χ1) is 9.63. The van der Waals surface area contributed by atoms with Crippen molar-refractivity contribution in [2.75, 3.05) is 26.3 Å². The summed E-state index contributed by atoms with van der Waals surface area (Å²) < 4.78 is 0. The van der Waals surface area contributed by atoms with Crippen molar-refractivity contribution in [1.29, 1.82) is 0 Å². The minimum Gasteiger partial charge on any atom is -0.395 e. The van der Waals surface area contributed by atoms with Gasteiger partial charge in [0.15, 0.2) is 0 Å². The molecule has 0 saturated carbocycles. The Labute approximate surface area is 120 Å². The van der Waals surface area contributed by atoms with Crippen LogP contribution in [-0.4, -0.2) is 47.3 Å². The van der Waals surface area contributed by atoms with Crippen molar-refractivity contribution in [3.05, 3.63) is 34.9 Å². The zero-order valence-electron chi connectivity index (χ0n) is 12.0. The molecule has 0 aromatic heterocycles. The third kappa shape index (κ3) is 4.37. The van der Waals surface area contributed by atoms with E-state index in [2.05, 4.69) is 11.8 Å². The van der Waals surface area contributed by atoms with Crippen LogP contribution in [0.25, 0.3) is 0 Å². The van der Waals surface area contributed by atoms with E-state index < -0.39 is 0 Å². The molecule has 0 aliphatic heterocycles. The van der Waals surface area contributed by atoms with Crippen LogP contribution in [0.2, 0.25) is 0 Å². The van der Waals surface area contributed by atoms with Gasteiger partial charge in [0, 0.05) is 18.7 Å². The van der Waals surface area contributed by atoms with Gasteiger partial charge < -0.3 is 15.1 Å². The molecule has 0 fully saturated rings. The topological polar surface area (TPSA) is 60.8 Å². The summed E-state index contributed by atoms with van der Waals surface area (Å²) in [6.45, 7) is 4.52. The van der Waals surface area contributed by atoms with E-state index in [9.17, 15) is 4.79 Å². The molecule has 2 N–H and O–H groups in total. The second kappa shape index (κ2) is 8.36. The molecule has 0 aliphatic carbocycles. The highest BCUT2D eigenvalue weighted by Gasteiger charge is 2.17. The SMILES string of the molecule is CCCN(CCO)C(=O)c1ccc(C)cc1C#CCO. The normalized spacial score (nSPS) is 9.80. The number of nitrogens with zero attached hydrogens (tertiary/aromatic N) is 1. The zero-order valence-corrected chi connectivity index (χ0v) is 12.0. The van der Waals surface area contributed by atoms with Crippen LogP contribution in [0.15, 0.2) is 18.2 Å². The molecule has 0 bridgehead atoms. The van der Waals surface area contributed by atoms with E-state index in [0.29, 0.717) is 24.2 Å². The number of carbonyl (C=O) groups is 1. The molecule has 0 unspecified atom stereocenters. The van der Waals surface area contributed by atoms with Crippen molar-refractivity contribution in [2.24, 2.45) is 0 Å². The van der Waals surface area contributed by atoms with Gasteiger partial charge in [-0.15, -0.1) is 0 Å². The lowest BCUT2D eigenvalue weighted by Crippen LogP contribution is -2.34. The standard InChI is InChI=1S/C16H21NO3/c1-3-8-17(9-11-19)16(20)15-7-6-13(2)12-14(15)5-4-10-18/h6-7,12,18-19H,3,8-11H2,1-2H3. The summed E-state index contributed by atoms with van der Waals surface area (Å²) in [6, 6.07) is 5.44. The second-order valence-electron chi connectivity index (χ2n) is 4.52. The van der Waals surface area contributed by atoms with Gasteiger partial charge in [-0.25, -0.2) is 0 Å². The molecule has 1 aromatic rings. The fraction of sp³-hybridized carbons (Fsp3) is 0.438. The fourth-order valence-electron chi connectivity index (χ4n) is 1.96. The van der Waals surface area contributed by atoms with Gasteiger partial charge in [-0.2, -0.15) is 0 Å². The maximum Gasteiger partial charge on any atom is 0.255 e. The maximum absolute atomic E-state index is 12.5. The lowest BCUT2D eigenvalue weighted by atomic mass is 10.0. The first kappa shape index (κ1) is 16.2. The Bertz CT molecular complexity index is 508. The van der Waals surface area contributed by atoms with Crippen LogP contribution >= 0.6 is 0 Å². The number of aliphatic hydroxyl groups is 2. The summed E-state index contributed by atoms with van der Waals surface area (Å²) in [7, 11) is 0. The molecular weight excluding hydrogens is 254 g/mol. The maximum atomic E-state index is 12.5. The molecule has 0 saturated heterocycles. The number of hydrogen-bond donors (Lipinski definition) is 2. The third-order valence-corrected chi connectivity index (χ3v) is 2.86. The summed E-state index contributed by atoms with van der Waals surface area (Å²) in [5.41, 5.74) is 2.13. The first-order valence-electron chi connectivity index (χ1n) is 6.74. The second-order valence-corrected chi connectivity index (χ2v) is 4.52. The number of amides is 1. The van der Waals surface area contributed by atoms with Crippen molar-refractivity contribution in [2.45, 2.75) is 20.3 Å². The van der Waals surface area contributed by atoms with E-state index >= 15 is 0 Å². The Hall–Kier alpha value is -1.83. The Balaban J connectivity index is 3.12. The summed E-state index contributed by atoms with van der Waals surface area (Å²) in [5, 5.41) is 17.9. The molecule has 1 amide bonds. The van der Waals surface area contributed by atoms with E-state index in [1.165, 1.54) is 0 Å². The quantitative estimate of drug-likeness (QED) is 0.793. The summed E-state index contributed by atoms with van der Waals surface area (Å²) in [4.78, 5) is 14.1. The monoisotopic (exact) mass is 275 g/mol. The lowest BCUT2D eigenvalue weighted by Gasteiger charge is -2.21. The van der Waals surface area contributed by atoms with E-state index in [1.54, 1.807) is 11.0 Å². The molecule has 1 rings (SSSR count). The lowest BCUT2D eigenvalue weighted by molar-refractivity contribution is 0.0721. The molecule has 108 valence electrons. The molecule has 0 radical (unpaired) electrons. The summed E-state index contributed by atoms with van der Waals surface area (Å²) in [5.74, 6) is 5.25. The van der Waals surface area contributed by atoms with Crippen LogP contribution < -0.4 is 0 Å². The highest BCUT2D eigenvalue weighted by molar-refractivity contribution is 5.96. The minimum absolute atomic E-state index is 0.0603. The van der Waals surface area contributed by atoms with Gasteiger partial charge in [0.05, 0.1) is 12.2 Å². The largest absolute Gasteiger partial charge is 0.395 e. The molecule has 0 atom stereocenters. The average Bonchev–Trinajstić information content (AvgIpc) is 2.44. The van der Waals surface area contributed by atoms with E-state index in [4.69, 9.17) is 10.2 Å². The number of carbonyl (C=O) groups excluding carboxylic acids is 1. The van der Waals surface area contributed by atoms with Crippen LogP contribution in [-0.2, 0) is 0 Å². The molecule has 0 spiro atoms. The van der Waals surface area contributed by atoms with Crippen molar-refractivity contribution < 1.29 is 15.0 Å². The molecule has 20 heavy (non-hydrogen) atoms. The molecule has 4 heteroatoms. The van der Waals surface area contributed by atoms with E-state index in [-0.39, 0.29) is 19.1 Å². The Kier molecular flexibility index (Phi) is 6.78. The van der Waals surface area contributed by atoms with Crippen LogP contribution in [0.4, 0.5) is 0 Å².